The zero-order valence-corrected chi connectivity index (χ0v) is 14.6. The molecule has 1 amide bonds. The van der Waals surface area contributed by atoms with Crippen LogP contribution in [0.4, 0.5) is 0 Å². The van der Waals surface area contributed by atoms with E-state index in [4.69, 9.17) is 0 Å². The first-order valence-corrected chi connectivity index (χ1v) is 9.52. The molecule has 4 aliphatic carbocycles. The normalized spacial score (nSPS) is 37.3. The molecule has 0 radical (unpaired) electrons. The van der Waals surface area contributed by atoms with Crippen LogP contribution in [0.2, 0.25) is 0 Å². The first-order chi connectivity index (χ1) is 10.4. The zero-order valence-electron chi connectivity index (χ0n) is 13.8. The number of aromatic nitrogens is 1. The fraction of sp³-hybridized carbons (Fsp3) is 0.778. The van der Waals surface area contributed by atoms with Crippen molar-refractivity contribution in [3.05, 3.63) is 15.6 Å². The van der Waals surface area contributed by atoms with Gasteiger partial charge in [-0.05, 0) is 82.5 Å². The number of hydrogen-bond acceptors (Lipinski definition) is 3. The summed E-state index contributed by atoms with van der Waals surface area (Å²) in [6.45, 7) is 6.15. The maximum absolute atomic E-state index is 12.6. The maximum Gasteiger partial charge on any atom is 0.263 e. The van der Waals surface area contributed by atoms with Gasteiger partial charge in [0.25, 0.3) is 5.91 Å². The Hall–Kier alpha value is -0.900. The van der Waals surface area contributed by atoms with Gasteiger partial charge < -0.3 is 5.32 Å². The second kappa shape index (κ2) is 5.05. The van der Waals surface area contributed by atoms with E-state index >= 15 is 0 Å². The van der Waals surface area contributed by atoms with Crippen LogP contribution in [0.1, 0.15) is 65.8 Å². The molecule has 4 aliphatic rings. The van der Waals surface area contributed by atoms with Crippen LogP contribution in [0.25, 0.3) is 0 Å². The molecule has 0 spiro atoms. The lowest BCUT2D eigenvalue weighted by molar-refractivity contribution is -0.0687. The summed E-state index contributed by atoms with van der Waals surface area (Å²) in [5, 5.41) is 4.32. The van der Waals surface area contributed by atoms with E-state index in [1.165, 1.54) is 49.9 Å². The molecule has 0 aromatic carbocycles. The quantitative estimate of drug-likeness (QED) is 0.912. The van der Waals surface area contributed by atoms with E-state index < -0.39 is 0 Å². The summed E-state index contributed by atoms with van der Waals surface area (Å²) in [4.78, 5) is 17.8. The predicted molar refractivity (Wildman–Crippen MR) is 89.1 cm³/mol. The van der Waals surface area contributed by atoms with Gasteiger partial charge in [0.15, 0.2) is 0 Å². The van der Waals surface area contributed by atoms with Gasteiger partial charge in [-0.3, -0.25) is 4.79 Å². The molecule has 4 fully saturated rings. The van der Waals surface area contributed by atoms with Crippen molar-refractivity contribution in [2.45, 2.75) is 65.3 Å². The van der Waals surface area contributed by atoms with Crippen LogP contribution in [-0.2, 0) is 0 Å². The van der Waals surface area contributed by atoms with E-state index in [1.807, 2.05) is 13.8 Å². The summed E-state index contributed by atoms with van der Waals surface area (Å²) in [7, 11) is 0. The number of hydrogen-bond donors (Lipinski definition) is 1. The van der Waals surface area contributed by atoms with E-state index in [2.05, 4.69) is 17.2 Å². The number of carbonyl (C=O) groups is 1. The Kier molecular flexibility index (Phi) is 3.37. The van der Waals surface area contributed by atoms with Gasteiger partial charge >= 0.3 is 0 Å². The van der Waals surface area contributed by atoms with Crippen LogP contribution in [0, 0.1) is 37.0 Å². The van der Waals surface area contributed by atoms with Gasteiger partial charge in [0.1, 0.15) is 4.88 Å². The van der Waals surface area contributed by atoms with Gasteiger partial charge in [0.2, 0.25) is 0 Å². The van der Waals surface area contributed by atoms with Crippen LogP contribution in [0.15, 0.2) is 0 Å². The minimum absolute atomic E-state index is 0.0892. The Morgan fingerprint density at radius 3 is 2.18 bits per heavy atom. The topological polar surface area (TPSA) is 42.0 Å². The minimum atomic E-state index is 0.0892. The summed E-state index contributed by atoms with van der Waals surface area (Å²) < 4.78 is 0. The summed E-state index contributed by atoms with van der Waals surface area (Å²) in [5.41, 5.74) is 1.25. The van der Waals surface area contributed by atoms with Gasteiger partial charge in [-0.15, -0.1) is 11.3 Å². The van der Waals surface area contributed by atoms with Gasteiger partial charge in [0.05, 0.1) is 10.7 Å². The number of thiazole rings is 1. The summed E-state index contributed by atoms with van der Waals surface area (Å²) in [6.07, 6.45) is 8.36. The Labute approximate surface area is 136 Å². The highest BCUT2D eigenvalue weighted by atomic mass is 32.1. The molecule has 1 aromatic heterocycles. The van der Waals surface area contributed by atoms with E-state index in [1.54, 1.807) is 0 Å². The van der Waals surface area contributed by atoms with E-state index in [0.29, 0.717) is 5.41 Å². The van der Waals surface area contributed by atoms with E-state index in [9.17, 15) is 4.79 Å². The Balaban J connectivity index is 1.51. The molecule has 1 heterocycles. The molecule has 0 saturated heterocycles. The third-order valence-electron chi connectivity index (χ3n) is 6.46. The second-order valence-corrected chi connectivity index (χ2v) is 9.33. The van der Waals surface area contributed by atoms with Crippen molar-refractivity contribution in [1.82, 2.24) is 10.3 Å². The summed E-state index contributed by atoms with van der Waals surface area (Å²) in [6, 6.07) is 0.287. The van der Waals surface area contributed by atoms with Crippen molar-refractivity contribution < 1.29 is 4.79 Å². The molecule has 1 atom stereocenters. The predicted octanol–water partition coefficient (Wildman–Crippen LogP) is 4.09. The zero-order chi connectivity index (χ0) is 15.5. The molecular formula is C18H26N2OS. The lowest BCUT2D eigenvalue weighted by Gasteiger charge is -2.59. The molecule has 4 heteroatoms. The summed E-state index contributed by atoms with van der Waals surface area (Å²) >= 11 is 1.52. The Morgan fingerprint density at radius 2 is 1.73 bits per heavy atom. The molecule has 1 unspecified atom stereocenters. The third kappa shape index (κ3) is 2.31. The van der Waals surface area contributed by atoms with Crippen molar-refractivity contribution >= 4 is 17.2 Å². The number of aryl methyl sites for hydroxylation is 2. The number of nitrogens with zero attached hydrogens (tertiary/aromatic N) is 1. The van der Waals surface area contributed by atoms with Crippen molar-refractivity contribution in [2.75, 3.05) is 0 Å². The average molecular weight is 318 g/mol. The van der Waals surface area contributed by atoms with Crippen LogP contribution < -0.4 is 5.32 Å². The van der Waals surface area contributed by atoms with Crippen LogP contribution in [0.3, 0.4) is 0 Å². The largest absolute Gasteiger partial charge is 0.348 e. The first-order valence-electron chi connectivity index (χ1n) is 8.70. The molecule has 0 aliphatic heterocycles. The second-order valence-electron chi connectivity index (χ2n) is 8.12. The highest BCUT2D eigenvalue weighted by molar-refractivity contribution is 7.13. The van der Waals surface area contributed by atoms with Crippen LogP contribution >= 0.6 is 11.3 Å². The van der Waals surface area contributed by atoms with Gasteiger partial charge in [-0.25, -0.2) is 4.98 Å². The van der Waals surface area contributed by atoms with Crippen molar-refractivity contribution in [3.8, 4) is 0 Å². The summed E-state index contributed by atoms with van der Waals surface area (Å²) in [5.74, 6) is 2.88. The molecule has 1 aromatic rings. The van der Waals surface area contributed by atoms with E-state index in [0.717, 1.165) is 33.3 Å². The highest BCUT2D eigenvalue weighted by Gasteiger charge is 2.53. The lowest BCUT2D eigenvalue weighted by atomic mass is 9.48. The highest BCUT2D eigenvalue weighted by Crippen LogP contribution is 2.61. The smallest absolute Gasteiger partial charge is 0.263 e. The number of amides is 1. The van der Waals surface area contributed by atoms with Crippen molar-refractivity contribution in [3.63, 3.8) is 0 Å². The molecule has 22 heavy (non-hydrogen) atoms. The molecule has 4 bridgehead atoms. The number of carbonyl (C=O) groups excluding carboxylic acids is 1. The minimum Gasteiger partial charge on any atom is -0.348 e. The van der Waals surface area contributed by atoms with Crippen molar-refractivity contribution in [2.24, 2.45) is 23.2 Å². The van der Waals surface area contributed by atoms with Crippen LogP contribution in [-0.4, -0.2) is 16.9 Å². The standard InChI is InChI=1S/C18H26N2OS/c1-10-16(22-12(3)19-10)17(21)20-11(2)18-7-13-4-14(8-18)6-15(5-13)9-18/h11,13-15H,4-9H2,1-3H3,(H,20,21). The van der Waals surface area contributed by atoms with Gasteiger partial charge in [-0.1, -0.05) is 0 Å². The Bertz CT molecular complexity index is 571. The number of rotatable bonds is 3. The lowest BCUT2D eigenvalue weighted by Crippen LogP contribution is -2.55. The molecule has 4 saturated carbocycles. The molecular weight excluding hydrogens is 292 g/mol. The van der Waals surface area contributed by atoms with Crippen LogP contribution in [0.5, 0.6) is 0 Å². The first kappa shape index (κ1) is 14.7. The molecule has 5 rings (SSSR count). The third-order valence-corrected chi connectivity index (χ3v) is 7.53. The average Bonchev–Trinajstić information content (AvgIpc) is 2.76. The molecule has 1 N–H and O–H groups in total. The van der Waals surface area contributed by atoms with Gasteiger partial charge in [-0.2, -0.15) is 0 Å². The molecule has 120 valence electrons. The Morgan fingerprint density at radius 1 is 1.18 bits per heavy atom. The molecule has 3 nitrogen and oxygen atoms in total. The fourth-order valence-corrected chi connectivity index (χ4v) is 6.69. The maximum atomic E-state index is 12.6. The van der Waals surface area contributed by atoms with Crippen molar-refractivity contribution in [1.29, 1.82) is 0 Å². The fourth-order valence-electron chi connectivity index (χ4n) is 5.87. The SMILES string of the molecule is Cc1nc(C)c(C(=O)NC(C)C23CC4CC(CC(C4)C2)C3)s1. The van der Waals surface area contributed by atoms with E-state index in [-0.39, 0.29) is 11.9 Å². The number of nitrogens with one attached hydrogen (secondary N) is 1. The monoisotopic (exact) mass is 318 g/mol. The van der Waals surface area contributed by atoms with Gasteiger partial charge in [0, 0.05) is 6.04 Å².